The molecule has 3 aromatic rings. The molecular formula is C19H19N3O5S3. The molecule has 3 heterocycles. The molecule has 1 fully saturated rings. The molecule has 1 aliphatic heterocycles. The van der Waals surface area contributed by atoms with Gasteiger partial charge in [0.1, 0.15) is 4.21 Å². The lowest BCUT2D eigenvalue weighted by Crippen LogP contribution is -2.40. The Bertz CT molecular complexity index is 1120. The molecule has 0 radical (unpaired) electrons. The quantitative estimate of drug-likeness (QED) is 0.561. The summed E-state index contributed by atoms with van der Waals surface area (Å²) in [4.78, 5) is 28.7. The Morgan fingerprint density at radius 1 is 1.17 bits per heavy atom. The van der Waals surface area contributed by atoms with Crippen molar-refractivity contribution in [3.63, 3.8) is 0 Å². The van der Waals surface area contributed by atoms with Crippen molar-refractivity contribution in [1.82, 2.24) is 9.29 Å². The predicted octanol–water partition coefficient (Wildman–Crippen LogP) is 2.94. The standard InChI is InChI=1S/C19H19N3O5S3/c23-16(21-19-20-14-4-1-2-5-15(14)29-19)12-27-18(24)13-7-9-22(10-8-13)30(25,26)17-6-3-11-28-17/h1-6,11,13H,7-10,12H2,(H,20,21,23). The van der Waals surface area contributed by atoms with Crippen LogP contribution in [0.2, 0.25) is 0 Å². The van der Waals surface area contributed by atoms with E-state index in [0.29, 0.717) is 22.2 Å². The van der Waals surface area contributed by atoms with E-state index in [9.17, 15) is 18.0 Å². The first kappa shape index (κ1) is 20.9. The molecule has 1 aromatic carbocycles. The Labute approximate surface area is 181 Å². The van der Waals surface area contributed by atoms with Crippen LogP contribution >= 0.6 is 22.7 Å². The molecule has 1 saturated heterocycles. The summed E-state index contributed by atoms with van der Waals surface area (Å²) in [7, 11) is -3.51. The van der Waals surface area contributed by atoms with Gasteiger partial charge in [0, 0.05) is 13.1 Å². The van der Waals surface area contributed by atoms with Crippen molar-refractivity contribution in [3.8, 4) is 0 Å². The molecule has 0 spiro atoms. The van der Waals surface area contributed by atoms with Gasteiger partial charge in [0.2, 0.25) is 0 Å². The third kappa shape index (κ3) is 4.53. The minimum atomic E-state index is -3.51. The van der Waals surface area contributed by atoms with Gasteiger partial charge in [0.15, 0.2) is 11.7 Å². The Kier molecular flexibility index (Phi) is 6.14. The molecule has 2 aromatic heterocycles. The number of hydrogen-bond donors (Lipinski definition) is 1. The Morgan fingerprint density at radius 3 is 2.63 bits per heavy atom. The fraction of sp³-hybridized carbons (Fsp3) is 0.316. The number of nitrogens with one attached hydrogen (secondary N) is 1. The first-order valence-corrected chi connectivity index (χ1v) is 12.4. The molecule has 158 valence electrons. The highest BCUT2D eigenvalue weighted by Crippen LogP contribution is 2.27. The minimum Gasteiger partial charge on any atom is -0.455 e. The number of thiophene rings is 1. The molecule has 0 saturated carbocycles. The SMILES string of the molecule is O=C(COC(=O)C1CCN(S(=O)(=O)c2cccs2)CC1)Nc1nc2ccccc2s1. The van der Waals surface area contributed by atoms with Crippen LogP contribution in [0.5, 0.6) is 0 Å². The third-order valence-corrected chi connectivity index (χ3v) is 8.99. The first-order chi connectivity index (χ1) is 14.4. The summed E-state index contributed by atoms with van der Waals surface area (Å²) < 4.78 is 32.9. The van der Waals surface area contributed by atoms with Crippen LogP contribution in [0, 0.1) is 5.92 Å². The average Bonchev–Trinajstić information content (AvgIpc) is 3.42. The molecule has 4 rings (SSSR count). The number of hydrogen-bond acceptors (Lipinski definition) is 8. The van der Waals surface area contributed by atoms with Crippen LogP contribution in [0.15, 0.2) is 46.0 Å². The lowest BCUT2D eigenvalue weighted by atomic mass is 9.98. The van der Waals surface area contributed by atoms with E-state index in [2.05, 4.69) is 10.3 Å². The van der Waals surface area contributed by atoms with E-state index in [1.165, 1.54) is 27.0 Å². The van der Waals surface area contributed by atoms with Gasteiger partial charge in [-0.25, -0.2) is 13.4 Å². The highest BCUT2D eigenvalue weighted by Gasteiger charge is 2.33. The molecule has 1 amide bonds. The molecule has 1 N–H and O–H groups in total. The number of nitrogens with zero attached hydrogens (tertiary/aromatic N) is 2. The van der Waals surface area contributed by atoms with Gasteiger partial charge in [-0.2, -0.15) is 4.31 Å². The summed E-state index contributed by atoms with van der Waals surface area (Å²) >= 11 is 2.52. The highest BCUT2D eigenvalue weighted by molar-refractivity contribution is 7.91. The van der Waals surface area contributed by atoms with Gasteiger partial charge in [0.05, 0.1) is 16.1 Å². The number of thiazole rings is 1. The number of sulfonamides is 1. The summed E-state index contributed by atoms with van der Waals surface area (Å²) in [5, 5.41) is 4.80. The van der Waals surface area contributed by atoms with Crippen LogP contribution in [0.25, 0.3) is 10.2 Å². The summed E-state index contributed by atoms with van der Waals surface area (Å²) in [6, 6.07) is 10.8. The molecule has 0 unspecified atom stereocenters. The Balaban J connectivity index is 1.25. The number of benzene rings is 1. The van der Waals surface area contributed by atoms with Crippen molar-refractivity contribution in [2.24, 2.45) is 5.92 Å². The molecule has 0 aliphatic carbocycles. The maximum Gasteiger partial charge on any atom is 0.309 e. The van der Waals surface area contributed by atoms with E-state index in [-0.39, 0.29) is 13.1 Å². The second-order valence-corrected chi connectivity index (χ2v) is 10.9. The summed E-state index contributed by atoms with van der Waals surface area (Å²) in [5.74, 6) is -1.36. The molecule has 1 aliphatic rings. The van der Waals surface area contributed by atoms with Crippen LogP contribution in [-0.4, -0.2) is 49.3 Å². The van der Waals surface area contributed by atoms with Crippen molar-refractivity contribution < 1.29 is 22.7 Å². The first-order valence-electron chi connectivity index (χ1n) is 9.29. The fourth-order valence-corrected chi connectivity index (χ4v) is 6.70. The van der Waals surface area contributed by atoms with Gasteiger partial charge in [-0.3, -0.25) is 14.9 Å². The van der Waals surface area contributed by atoms with Gasteiger partial charge in [-0.1, -0.05) is 29.5 Å². The van der Waals surface area contributed by atoms with E-state index in [1.54, 1.807) is 17.5 Å². The van der Waals surface area contributed by atoms with Crippen LogP contribution in [0.3, 0.4) is 0 Å². The maximum atomic E-state index is 12.5. The van der Waals surface area contributed by atoms with E-state index in [0.717, 1.165) is 10.2 Å². The number of ether oxygens (including phenoxy) is 1. The van der Waals surface area contributed by atoms with Crippen LogP contribution in [0.4, 0.5) is 5.13 Å². The minimum absolute atomic E-state index is 0.248. The van der Waals surface area contributed by atoms with Crippen LogP contribution < -0.4 is 5.32 Å². The molecule has 0 bridgehead atoms. The number of carbonyl (C=O) groups is 2. The number of amides is 1. The third-order valence-electron chi connectivity index (χ3n) is 4.76. The number of carbonyl (C=O) groups excluding carboxylic acids is 2. The predicted molar refractivity (Wildman–Crippen MR) is 115 cm³/mol. The number of esters is 1. The van der Waals surface area contributed by atoms with E-state index in [1.807, 2.05) is 24.3 Å². The van der Waals surface area contributed by atoms with Crippen molar-refractivity contribution in [1.29, 1.82) is 0 Å². The smallest absolute Gasteiger partial charge is 0.309 e. The number of aromatic nitrogens is 1. The normalized spacial score (nSPS) is 15.9. The van der Waals surface area contributed by atoms with Gasteiger partial charge in [-0.15, -0.1) is 11.3 Å². The van der Waals surface area contributed by atoms with Crippen molar-refractivity contribution in [2.45, 2.75) is 17.1 Å². The maximum absolute atomic E-state index is 12.5. The topological polar surface area (TPSA) is 106 Å². The molecular weight excluding hydrogens is 446 g/mol. The summed E-state index contributed by atoms with van der Waals surface area (Å²) in [5.41, 5.74) is 0.791. The second kappa shape index (κ2) is 8.80. The van der Waals surface area contributed by atoms with Gasteiger partial charge in [0.25, 0.3) is 15.9 Å². The zero-order chi connectivity index (χ0) is 21.1. The van der Waals surface area contributed by atoms with Crippen molar-refractivity contribution >= 4 is 59.9 Å². The molecule has 30 heavy (non-hydrogen) atoms. The number of rotatable bonds is 6. The van der Waals surface area contributed by atoms with Crippen molar-refractivity contribution in [2.75, 3.05) is 25.0 Å². The number of anilines is 1. The monoisotopic (exact) mass is 465 g/mol. The Morgan fingerprint density at radius 2 is 1.93 bits per heavy atom. The number of fused-ring (bicyclic) bond motifs is 1. The summed E-state index contributed by atoms with van der Waals surface area (Å²) in [6.07, 6.45) is 0.728. The number of para-hydroxylation sites is 1. The van der Waals surface area contributed by atoms with E-state index in [4.69, 9.17) is 4.74 Å². The molecule has 8 nitrogen and oxygen atoms in total. The highest BCUT2D eigenvalue weighted by atomic mass is 32.2. The second-order valence-electron chi connectivity index (χ2n) is 6.75. The zero-order valence-electron chi connectivity index (χ0n) is 15.8. The van der Waals surface area contributed by atoms with Gasteiger partial charge >= 0.3 is 5.97 Å². The molecule has 11 heteroatoms. The largest absolute Gasteiger partial charge is 0.455 e. The van der Waals surface area contributed by atoms with E-state index < -0.39 is 34.4 Å². The van der Waals surface area contributed by atoms with Gasteiger partial charge in [-0.05, 0) is 36.4 Å². The fourth-order valence-electron chi connectivity index (χ4n) is 3.20. The van der Waals surface area contributed by atoms with Gasteiger partial charge < -0.3 is 4.74 Å². The lowest BCUT2D eigenvalue weighted by Gasteiger charge is -2.29. The average molecular weight is 466 g/mol. The van der Waals surface area contributed by atoms with Crippen molar-refractivity contribution in [3.05, 3.63) is 41.8 Å². The van der Waals surface area contributed by atoms with Crippen LogP contribution in [0.1, 0.15) is 12.8 Å². The zero-order valence-corrected chi connectivity index (χ0v) is 18.3. The molecule has 0 atom stereocenters. The van der Waals surface area contributed by atoms with Crippen LogP contribution in [-0.2, 0) is 24.3 Å². The summed E-state index contributed by atoms with van der Waals surface area (Å²) in [6.45, 7) is 0.0955. The van der Waals surface area contributed by atoms with E-state index >= 15 is 0 Å². The lowest BCUT2D eigenvalue weighted by molar-refractivity contribution is -0.152. The Hall–Kier alpha value is -2.34. The number of piperidine rings is 1.